The molecule has 0 atom stereocenters. The van der Waals surface area contributed by atoms with E-state index in [9.17, 15) is 4.79 Å². The number of benzene rings is 2. The van der Waals surface area contributed by atoms with Gasteiger partial charge in [0.05, 0.1) is 0 Å². The maximum Gasteiger partial charge on any atom is 0.290 e. The summed E-state index contributed by atoms with van der Waals surface area (Å²) in [5.41, 5.74) is 4.41. The number of nitrogens with zero attached hydrogens (tertiary/aromatic N) is 2. The third kappa shape index (κ3) is 5.52. The Balaban J connectivity index is 1.76. The van der Waals surface area contributed by atoms with E-state index >= 15 is 0 Å². The zero-order chi connectivity index (χ0) is 23.4. The third-order valence-electron chi connectivity index (χ3n) is 5.57. The van der Waals surface area contributed by atoms with Gasteiger partial charge in [-0.05, 0) is 67.6 Å². The molecule has 3 aromatic rings. The minimum absolute atomic E-state index is 0.0236. The fourth-order valence-corrected chi connectivity index (χ4v) is 3.41. The molecule has 2 aromatic carbocycles. The van der Waals surface area contributed by atoms with Gasteiger partial charge >= 0.3 is 0 Å². The molecule has 0 N–H and O–H groups in total. The lowest BCUT2D eigenvalue weighted by atomic mass is 10.0. The zero-order valence-corrected chi connectivity index (χ0v) is 20.2. The van der Waals surface area contributed by atoms with Gasteiger partial charge in [0, 0.05) is 38.4 Å². The molecule has 0 saturated carbocycles. The highest BCUT2D eigenvalue weighted by atomic mass is 16.6. The average Bonchev–Trinajstić information content (AvgIpc) is 3.21. The molecule has 1 heterocycles. The van der Waals surface area contributed by atoms with E-state index in [-0.39, 0.29) is 17.7 Å². The summed E-state index contributed by atoms with van der Waals surface area (Å²) in [4.78, 5) is 17.1. The van der Waals surface area contributed by atoms with Crippen LogP contribution < -0.4 is 9.64 Å². The maximum absolute atomic E-state index is 13.2. The van der Waals surface area contributed by atoms with Crippen LogP contribution in [-0.2, 0) is 6.54 Å². The molecule has 0 spiro atoms. The summed E-state index contributed by atoms with van der Waals surface area (Å²) in [6.45, 7) is 10.8. The first-order chi connectivity index (χ1) is 15.2. The smallest absolute Gasteiger partial charge is 0.290 e. The number of anilines is 1. The second-order valence-electron chi connectivity index (χ2n) is 8.99. The molecule has 0 saturated heterocycles. The maximum atomic E-state index is 13.2. The number of carbonyl (C=O) groups excluding carboxylic acids is 1. The molecule has 0 aliphatic heterocycles. The molecule has 0 bridgehead atoms. The third-order valence-corrected chi connectivity index (χ3v) is 5.57. The summed E-state index contributed by atoms with van der Waals surface area (Å²) in [5, 5.41) is 0. The van der Waals surface area contributed by atoms with Crippen molar-refractivity contribution in [2.75, 3.05) is 19.0 Å². The minimum Gasteiger partial charge on any atom is -0.426 e. The first-order valence-corrected chi connectivity index (χ1v) is 11.1. The number of rotatable bonds is 8. The Morgan fingerprint density at radius 1 is 0.969 bits per heavy atom. The van der Waals surface area contributed by atoms with Crippen LogP contribution in [0.15, 0.2) is 59.0 Å². The van der Waals surface area contributed by atoms with Gasteiger partial charge in [-0.2, -0.15) is 0 Å². The molecule has 0 unspecified atom stereocenters. The van der Waals surface area contributed by atoms with Crippen molar-refractivity contribution in [2.24, 2.45) is 0 Å². The number of furan rings is 1. The zero-order valence-electron chi connectivity index (χ0n) is 20.2. The number of aryl methyl sites for hydroxylation is 1. The molecule has 32 heavy (non-hydrogen) atoms. The van der Waals surface area contributed by atoms with Gasteiger partial charge in [0.2, 0.25) is 0 Å². The van der Waals surface area contributed by atoms with Crippen LogP contribution in [0.25, 0.3) is 0 Å². The first kappa shape index (κ1) is 23.5. The van der Waals surface area contributed by atoms with Gasteiger partial charge in [-0.25, -0.2) is 0 Å². The van der Waals surface area contributed by atoms with Gasteiger partial charge < -0.3 is 19.0 Å². The highest BCUT2D eigenvalue weighted by molar-refractivity contribution is 5.91. The lowest BCUT2D eigenvalue weighted by Crippen LogP contribution is -2.36. The van der Waals surface area contributed by atoms with Gasteiger partial charge in [-0.15, -0.1) is 0 Å². The molecule has 170 valence electrons. The highest BCUT2D eigenvalue weighted by Crippen LogP contribution is 2.30. The molecule has 0 fully saturated rings. The van der Waals surface area contributed by atoms with Crippen molar-refractivity contribution in [2.45, 2.75) is 53.1 Å². The van der Waals surface area contributed by atoms with Gasteiger partial charge in [0.15, 0.2) is 5.76 Å². The van der Waals surface area contributed by atoms with Gasteiger partial charge in [0.1, 0.15) is 5.75 Å². The van der Waals surface area contributed by atoms with Crippen molar-refractivity contribution in [3.05, 3.63) is 77.0 Å². The van der Waals surface area contributed by atoms with Crippen LogP contribution >= 0.6 is 0 Å². The molecule has 3 rings (SSSR count). The highest BCUT2D eigenvalue weighted by Gasteiger charge is 2.23. The number of carbonyl (C=O) groups is 1. The summed E-state index contributed by atoms with van der Waals surface area (Å²) in [6.07, 6.45) is 0. The Kier molecular flexibility index (Phi) is 7.29. The van der Waals surface area contributed by atoms with Crippen LogP contribution in [0.4, 0.5) is 5.69 Å². The summed E-state index contributed by atoms with van der Waals surface area (Å²) in [6, 6.07) is 17.8. The Morgan fingerprint density at radius 2 is 1.66 bits per heavy atom. The number of ether oxygens (including phenoxy) is 1. The Hall–Kier alpha value is -3.21. The fraction of sp³-hybridized carbons (Fsp3) is 0.370. The Morgan fingerprint density at radius 3 is 2.25 bits per heavy atom. The summed E-state index contributed by atoms with van der Waals surface area (Å²) in [5.74, 6) is 1.58. The summed E-state index contributed by atoms with van der Waals surface area (Å²) < 4.78 is 11.8. The van der Waals surface area contributed by atoms with Gasteiger partial charge in [-0.1, -0.05) is 38.1 Å². The van der Waals surface area contributed by atoms with Crippen LogP contribution in [0.3, 0.4) is 0 Å². The predicted octanol–water partition coefficient (Wildman–Crippen LogP) is 6.62. The van der Waals surface area contributed by atoms with E-state index in [1.54, 1.807) is 17.0 Å². The Labute approximate surface area is 191 Å². The van der Waals surface area contributed by atoms with Crippen LogP contribution in [0, 0.1) is 6.92 Å². The van der Waals surface area contributed by atoms with E-state index in [0.717, 1.165) is 22.6 Å². The van der Waals surface area contributed by atoms with Gasteiger partial charge in [-0.3, -0.25) is 4.79 Å². The van der Waals surface area contributed by atoms with Crippen molar-refractivity contribution in [3.63, 3.8) is 0 Å². The number of hydrogen-bond donors (Lipinski definition) is 0. The lowest BCUT2D eigenvalue weighted by molar-refractivity contribution is 0.0652. The molecule has 5 heteroatoms. The normalized spacial score (nSPS) is 11.2. The van der Waals surface area contributed by atoms with Crippen LogP contribution in [0.2, 0.25) is 0 Å². The first-order valence-electron chi connectivity index (χ1n) is 11.1. The van der Waals surface area contributed by atoms with Crippen molar-refractivity contribution >= 4 is 11.6 Å². The standard InChI is InChI=1S/C27H34N2O3/c1-18(2)22-11-8-20(5)25(16-22)32-26-15-14-24(31-26)27(30)29(19(3)4)17-21-9-12-23(13-10-21)28(6)7/h8-16,18-19H,17H2,1-7H3. The molecular formula is C27H34N2O3. The average molecular weight is 435 g/mol. The van der Waals surface area contributed by atoms with E-state index < -0.39 is 0 Å². The molecule has 0 aliphatic carbocycles. The Bertz CT molecular complexity index is 1050. The number of amides is 1. The summed E-state index contributed by atoms with van der Waals surface area (Å²) >= 11 is 0. The van der Waals surface area contributed by atoms with Crippen LogP contribution in [-0.4, -0.2) is 30.9 Å². The van der Waals surface area contributed by atoms with E-state index in [1.165, 1.54) is 5.56 Å². The largest absolute Gasteiger partial charge is 0.426 e. The predicted molar refractivity (Wildman–Crippen MR) is 130 cm³/mol. The monoisotopic (exact) mass is 434 g/mol. The SMILES string of the molecule is Cc1ccc(C(C)C)cc1Oc1ccc(C(=O)N(Cc2ccc(N(C)C)cc2)C(C)C)o1. The van der Waals surface area contributed by atoms with Crippen molar-refractivity contribution < 1.29 is 13.9 Å². The van der Waals surface area contributed by atoms with Crippen LogP contribution in [0.5, 0.6) is 11.7 Å². The van der Waals surface area contributed by atoms with E-state index in [1.807, 2.05) is 47.0 Å². The molecule has 0 aliphatic rings. The van der Waals surface area contributed by atoms with Crippen molar-refractivity contribution in [1.29, 1.82) is 0 Å². The fourth-order valence-electron chi connectivity index (χ4n) is 3.41. The van der Waals surface area contributed by atoms with Gasteiger partial charge in [0.25, 0.3) is 11.9 Å². The second kappa shape index (κ2) is 9.94. The quantitative estimate of drug-likeness (QED) is 0.400. The molecule has 0 radical (unpaired) electrons. The summed E-state index contributed by atoms with van der Waals surface area (Å²) in [7, 11) is 4.02. The molecular weight excluding hydrogens is 400 g/mol. The molecule has 5 nitrogen and oxygen atoms in total. The number of hydrogen-bond acceptors (Lipinski definition) is 4. The van der Waals surface area contributed by atoms with Crippen LogP contribution in [0.1, 0.15) is 60.9 Å². The lowest BCUT2D eigenvalue weighted by Gasteiger charge is -2.26. The van der Waals surface area contributed by atoms with E-state index in [2.05, 4.69) is 49.1 Å². The van der Waals surface area contributed by atoms with Crippen molar-refractivity contribution in [1.82, 2.24) is 4.90 Å². The van der Waals surface area contributed by atoms with E-state index in [4.69, 9.17) is 9.15 Å². The second-order valence-corrected chi connectivity index (χ2v) is 8.99. The molecule has 1 amide bonds. The van der Waals surface area contributed by atoms with E-state index in [0.29, 0.717) is 18.4 Å². The minimum atomic E-state index is -0.154. The molecule has 1 aromatic heterocycles. The topological polar surface area (TPSA) is 45.9 Å². The van der Waals surface area contributed by atoms with Crippen molar-refractivity contribution in [3.8, 4) is 11.7 Å².